The highest BCUT2D eigenvalue weighted by molar-refractivity contribution is 9.10. The Morgan fingerprint density at radius 3 is 2.52 bits per heavy atom. The van der Waals surface area contributed by atoms with Crippen LogP contribution in [0.3, 0.4) is 0 Å². The monoisotopic (exact) mass is 500 g/mol. The lowest BCUT2D eigenvalue weighted by atomic mass is 10.1. The lowest BCUT2D eigenvalue weighted by molar-refractivity contribution is 0.102. The number of nitrogens with one attached hydrogen (secondary N) is 1. The molecule has 0 aliphatic carbocycles. The highest BCUT2D eigenvalue weighted by Gasteiger charge is 2.37. The van der Waals surface area contributed by atoms with Crippen molar-refractivity contribution >= 4 is 43.2 Å². The third-order valence-electron chi connectivity index (χ3n) is 5.21. The van der Waals surface area contributed by atoms with Gasteiger partial charge in [-0.1, -0.05) is 34.1 Å². The number of nitrogens with zero attached hydrogens (tertiary/aromatic N) is 1. The highest BCUT2D eigenvalue weighted by Crippen LogP contribution is 2.39. The first-order chi connectivity index (χ1) is 14.8. The molecule has 0 saturated heterocycles. The van der Waals surface area contributed by atoms with Gasteiger partial charge in [-0.05, 0) is 67.4 Å². The van der Waals surface area contributed by atoms with Gasteiger partial charge >= 0.3 is 0 Å². The lowest BCUT2D eigenvalue weighted by Crippen LogP contribution is -2.36. The van der Waals surface area contributed by atoms with Gasteiger partial charge in [-0.3, -0.25) is 9.10 Å². The largest absolute Gasteiger partial charge is 0.495 e. The Hall–Kier alpha value is -2.84. The van der Waals surface area contributed by atoms with Crippen molar-refractivity contribution in [3.63, 3.8) is 0 Å². The summed E-state index contributed by atoms with van der Waals surface area (Å²) in [7, 11) is -2.54. The third kappa shape index (κ3) is 4.05. The van der Waals surface area contributed by atoms with Crippen molar-refractivity contribution < 1.29 is 17.9 Å². The molecule has 1 N–H and O–H groups in total. The van der Waals surface area contributed by atoms with Crippen LogP contribution in [0, 0.1) is 0 Å². The van der Waals surface area contributed by atoms with E-state index >= 15 is 0 Å². The van der Waals surface area contributed by atoms with E-state index in [0.29, 0.717) is 17.8 Å². The molecule has 0 aromatic heterocycles. The van der Waals surface area contributed by atoms with E-state index in [1.165, 1.54) is 23.5 Å². The highest BCUT2D eigenvalue weighted by atomic mass is 79.9. The zero-order valence-corrected chi connectivity index (χ0v) is 19.4. The van der Waals surface area contributed by atoms with Crippen molar-refractivity contribution in [2.45, 2.75) is 24.3 Å². The molecule has 0 radical (unpaired) electrons. The molecular formula is C23H21BrN2O4S. The van der Waals surface area contributed by atoms with Gasteiger partial charge in [0.15, 0.2) is 0 Å². The van der Waals surface area contributed by atoms with Crippen molar-refractivity contribution in [2.24, 2.45) is 0 Å². The molecule has 1 atom stereocenters. The maximum absolute atomic E-state index is 13.7. The fraction of sp³-hybridized carbons (Fsp3) is 0.174. The van der Waals surface area contributed by atoms with Gasteiger partial charge in [-0.25, -0.2) is 8.42 Å². The number of hydrogen-bond donors (Lipinski definition) is 1. The average molecular weight is 501 g/mol. The maximum Gasteiger partial charge on any atom is 0.268 e. The Labute approximate surface area is 190 Å². The number of anilines is 2. The van der Waals surface area contributed by atoms with Gasteiger partial charge in [0.25, 0.3) is 15.9 Å². The molecule has 1 aliphatic rings. The Morgan fingerprint density at radius 2 is 1.81 bits per heavy atom. The van der Waals surface area contributed by atoms with Crippen molar-refractivity contribution in [3.05, 3.63) is 82.3 Å². The predicted molar refractivity (Wildman–Crippen MR) is 124 cm³/mol. The van der Waals surface area contributed by atoms with Gasteiger partial charge in [0.2, 0.25) is 0 Å². The number of ether oxygens (including phenoxy) is 1. The van der Waals surface area contributed by atoms with Crippen molar-refractivity contribution in [1.82, 2.24) is 0 Å². The van der Waals surface area contributed by atoms with Gasteiger partial charge < -0.3 is 10.1 Å². The van der Waals surface area contributed by atoms with Gasteiger partial charge in [-0.2, -0.15) is 0 Å². The summed E-state index contributed by atoms with van der Waals surface area (Å²) in [5.41, 5.74) is 2.46. The molecule has 4 rings (SSSR count). The number of rotatable bonds is 5. The summed E-state index contributed by atoms with van der Waals surface area (Å²) in [6, 6.07) is 18.8. The second-order valence-electron chi connectivity index (χ2n) is 7.31. The Balaban J connectivity index is 1.72. The van der Waals surface area contributed by atoms with Crippen LogP contribution in [0.2, 0.25) is 0 Å². The first kappa shape index (κ1) is 21.4. The van der Waals surface area contributed by atoms with Crippen molar-refractivity contribution in [1.29, 1.82) is 0 Å². The second-order valence-corrected chi connectivity index (χ2v) is 10.0. The number of hydrogen-bond acceptors (Lipinski definition) is 4. The minimum absolute atomic E-state index is 0.0398. The number of benzene rings is 3. The topological polar surface area (TPSA) is 75.7 Å². The molecule has 1 unspecified atom stereocenters. The lowest BCUT2D eigenvalue weighted by Gasteiger charge is -2.25. The van der Waals surface area contributed by atoms with Crippen molar-refractivity contribution in [2.75, 3.05) is 16.7 Å². The van der Waals surface area contributed by atoms with Crippen LogP contribution in [0.4, 0.5) is 11.4 Å². The van der Waals surface area contributed by atoms with E-state index in [0.717, 1.165) is 10.0 Å². The molecule has 1 amide bonds. The fourth-order valence-corrected chi connectivity index (χ4v) is 5.91. The molecule has 31 heavy (non-hydrogen) atoms. The number of amides is 1. The Bertz CT molecular complexity index is 1240. The van der Waals surface area contributed by atoms with E-state index in [1.807, 2.05) is 37.3 Å². The molecule has 6 nitrogen and oxygen atoms in total. The van der Waals surface area contributed by atoms with Crippen LogP contribution in [0.1, 0.15) is 22.8 Å². The number of methoxy groups -OCH3 is 1. The van der Waals surface area contributed by atoms with Crippen LogP contribution in [0.5, 0.6) is 5.75 Å². The first-order valence-electron chi connectivity index (χ1n) is 9.68. The summed E-state index contributed by atoms with van der Waals surface area (Å²) < 4.78 is 35.0. The summed E-state index contributed by atoms with van der Waals surface area (Å²) in [5.74, 6) is -0.215. The quantitative estimate of drug-likeness (QED) is 0.543. The van der Waals surface area contributed by atoms with E-state index in [9.17, 15) is 13.2 Å². The molecule has 3 aromatic rings. The van der Waals surface area contributed by atoms with Crippen LogP contribution in [-0.4, -0.2) is 27.5 Å². The standard InChI is InChI=1S/C23H21BrN2O4S/c1-15-13-16-5-3-4-6-20(16)26(15)31(28,29)22-14-17(7-12-21(22)30-2)23(27)25-19-10-8-18(24)9-11-19/h3-12,14-15H,13H2,1-2H3,(H,25,27). The zero-order chi connectivity index (χ0) is 22.2. The molecule has 3 aromatic carbocycles. The Kier molecular flexibility index (Phi) is 5.77. The van der Waals surface area contributed by atoms with Crippen LogP contribution in [-0.2, 0) is 16.4 Å². The molecule has 160 valence electrons. The number of fused-ring (bicyclic) bond motifs is 1. The molecule has 0 bridgehead atoms. The molecule has 1 heterocycles. The summed E-state index contributed by atoms with van der Waals surface area (Å²) >= 11 is 3.35. The molecule has 0 saturated carbocycles. The molecule has 0 fully saturated rings. The normalized spacial score (nSPS) is 15.5. The summed E-state index contributed by atoms with van der Waals surface area (Å²) in [6.45, 7) is 1.87. The Morgan fingerprint density at radius 1 is 1.10 bits per heavy atom. The van der Waals surface area contributed by atoms with Crippen LogP contribution in [0.15, 0.2) is 76.1 Å². The van der Waals surface area contributed by atoms with E-state index in [1.54, 1.807) is 24.3 Å². The van der Waals surface area contributed by atoms with Gasteiger partial charge in [-0.15, -0.1) is 0 Å². The smallest absolute Gasteiger partial charge is 0.268 e. The van der Waals surface area contributed by atoms with E-state index < -0.39 is 15.9 Å². The van der Waals surface area contributed by atoms with E-state index in [-0.39, 0.29) is 22.3 Å². The molecule has 8 heteroatoms. The second kappa shape index (κ2) is 8.36. The van der Waals surface area contributed by atoms with E-state index in [4.69, 9.17) is 4.74 Å². The number of sulfonamides is 1. The number of para-hydroxylation sites is 1. The zero-order valence-electron chi connectivity index (χ0n) is 17.0. The number of carbonyl (C=O) groups excluding carboxylic acids is 1. The molecule has 0 spiro atoms. The van der Waals surface area contributed by atoms with Gasteiger partial charge in [0.05, 0.1) is 12.8 Å². The molecular weight excluding hydrogens is 480 g/mol. The van der Waals surface area contributed by atoms with Crippen molar-refractivity contribution in [3.8, 4) is 5.75 Å². The maximum atomic E-state index is 13.7. The van der Waals surface area contributed by atoms with Crippen LogP contribution >= 0.6 is 15.9 Å². The van der Waals surface area contributed by atoms with Crippen LogP contribution < -0.4 is 14.4 Å². The van der Waals surface area contributed by atoms with Gasteiger partial charge in [0, 0.05) is 21.8 Å². The van der Waals surface area contributed by atoms with E-state index in [2.05, 4.69) is 21.2 Å². The third-order valence-corrected chi connectivity index (χ3v) is 7.69. The predicted octanol–water partition coefficient (Wildman–Crippen LogP) is 4.85. The average Bonchev–Trinajstić information content (AvgIpc) is 3.11. The number of halogens is 1. The first-order valence-corrected chi connectivity index (χ1v) is 11.9. The number of carbonyl (C=O) groups is 1. The van der Waals surface area contributed by atoms with Gasteiger partial charge in [0.1, 0.15) is 10.6 Å². The molecule has 1 aliphatic heterocycles. The summed E-state index contributed by atoms with van der Waals surface area (Å²) in [5, 5.41) is 2.79. The minimum Gasteiger partial charge on any atom is -0.495 e. The summed E-state index contributed by atoms with van der Waals surface area (Å²) in [4.78, 5) is 12.7. The van der Waals surface area contributed by atoms with Crippen LogP contribution in [0.25, 0.3) is 0 Å². The summed E-state index contributed by atoms with van der Waals surface area (Å²) in [6.07, 6.45) is 0.626. The SMILES string of the molecule is COc1ccc(C(=O)Nc2ccc(Br)cc2)cc1S(=O)(=O)N1c2ccccc2CC1C. The minimum atomic E-state index is -3.96. The fourth-order valence-electron chi connectivity index (χ4n) is 3.77.